The lowest BCUT2D eigenvalue weighted by Gasteiger charge is -2.14. The summed E-state index contributed by atoms with van der Waals surface area (Å²) in [6, 6.07) is 0.136. The molecule has 2 aromatic rings. The van der Waals surface area contributed by atoms with Gasteiger partial charge in [-0.3, -0.25) is 9.67 Å². The molecule has 0 aliphatic rings. The summed E-state index contributed by atoms with van der Waals surface area (Å²) in [5.74, 6) is 1.32. The van der Waals surface area contributed by atoms with Gasteiger partial charge in [0.25, 0.3) is 0 Å². The van der Waals surface area contributed by atoms with Gasteiger partial charge in [0.2, 0.25) is 0 Å². The van der Waals surface area contributed by atoms with Gasteiger partial charge in [0.15, 0.2) is 4.77 Å². The van der Waals surface area contributed by atoms with E-state index in [0.717, 1.165) is 16.5 Å². The summed E-state index contributed by atoms with van der Waals surface area (Å²) in [5.41, 5.74) is 1.05. The largest absolute Gasteiger partial charge is 0.294 e. The van der Waals surface area contributed by atoms with Gasteiger partial charge < -0.3 is 0 Å². The first-order valence-corrected chi connectivity index (χ1v) is 6.88. The van der Waals surface area contributed by atoms with Crippen molar-refractivity contribution in [3.05, 3.63) is 26.7 Å². The maximum absolute atomic E-state index is 5.30. The van der Waals surface area contributed by atoms with Crippen LogP contribution in [0.2, 0.25) is 0 Å². The lowest BCUT2D eigenvalue weighted by Crippen LogP contribution is -2.12. The second-order valence-corrected chi connectivity index (χ2v) is 5.69. The molecule has 92 valence electrons. The van der Waals surface area contributed by atoms with Crippen molar-refractivity contribution in [2.24, 2.45) is 0 Å². The molecule has 1 atom stereocenters. The molecule has 0 amide bonds. The van der Waals surface area contributed by atoms with E-state index in [1.807, 2.05) is 6.92 Å². The average Bonchev–Trinajstić information content (AvgIpc) is 2.83. The number of rotatable bonds is 3. The number of aromatic amines is 1. The molecule has 0 radical (unpaired) electrons. The molecule has 0 saturated carbocycles. The van der Waals surface area contributed by atoms with Gasteiger partial charge in [0, 0.05) is 17.0 Å². The monoisotopic (exact) mass is 268 g/mol. The summed E-state index contributed by atoms with van der Waals surface area (Å²) >= 11 is 6.96. The van der Waals surface area contributed by atoms with Crippen molar-refractivity contribution in [1.29, 1.82) is 0 Å². The molecular formula is C11H16N4S2. The smallest absolute Gasteiger partial charge is 0.195 e. The molecule has 0 aliphatic heterocycles. The normalized spacial score (nSPS) is 13.2. The van der Waals surface area contributed by atoms with Crippen LogP contribution in [0.4, 0.5) is 0 Å². The fraction of sp³-hybridized carbons (Fsp3) is 0.545. The minimum absolute atomic E-state index is 0.136. The number of hydrogen-bond acceptors (Lipinski definition) is 4. The molecule has 6 heteroatoms. The Labute approximate surface area is 110 Å². The quantitative estimate of drug-likeness (QED) is 0.867. The van der Waals surface area contributed by atoms with Crippen LogP contribution in [0, 0.1) is 11.7 Å². The Balaban J connectivity index is 2.46. The third-order valence-corrected chi connectivity index (χ3v) is 4.05. The molecule has 1 N–H and O–H groups in total. The third-order valence-electron chi connectivity index (χ3n) is 2.63. The Morgan fingerprint density at radius 1 is 1.41 bits per heavy atom. The maximum atomic E-state index is 5.30. The van der Waals surface area contributed by atoms with Crippen molar-refractivity contribution in [2.75, 3.05) is 0 Å². The number of aryl methyl sites for hydroxylation is 1. The minimum atomic E-state index is 0.136. The first kappa shape index (κ1) is 12.4. The Morgan fingerprint density at radius 2 is 2.12 bits per heavy atom. The average molecular weight is 268 g/mol. The molecule has 17 heavy (non-hydrogen) atoms. The lowest BCUT2D eigenvalue weighted by molar-refractivity contribution is 0.570. The van der Waals surface area contributed by atoms with Crippen LogP contribution in [0.5, 0.6) is 0 Å². The predicted octanol–water partition coefficient (Wildman–Crippen LogP) is 3.44. The molecule has 2 rings (SSSR count). The van der Waals surface area contributed by atoms with Gasteiger partial charge in [-0.15, -0.1) is 11.3 Å². The molecule has 2 heterocycles. The number of thiazole rings is 1. The van der Waals surface area contributed by atoms with E-state index in [0.29, 0.717) is 10.7 Å². The van der Waals surface area contributed by atoms with Gasteiger partial charge in [-0.1, -0.05) is 13.8 Å². The SMILES string of the molecule is Cc1csc(C(C)n2c(C(C)C)n[nH]c2=S)n1. The maximum Gasteiger partial charge on any atom is 0.195 e. The summed E-state index contributed by atoms with van der Waals surface area (Å²) < 4.78 is 2.72. The van der Waals surface area contributed by atoms with E-state index in [2.05, 4.69) is 45.9 Å². The standard InChI is InChI=1S/C11H16N4S2/c1-6(2)9-13-14-11(16)15(9)8(4)10-12-7(3)5-17-10/h5-6,8H,1-4H3,(H,14,16). The van der Waals surface area contributed by atoms with Crippen molar-refractivity contribution >= 4 is 23.6 Å². The number of H-pyrrole nitrogens is 1. The van der Waals surface area contributed by atoms with Crippen LogP contribution in [0.25, 0.3) is 0 Å². The summed E-state index contributed by atoms with van der Waals surface area (Å²) in [6.45, 7) is 8.34. The second kappa shape index (κ2) is 4.70. The van der Waals surface area contributed by atoms with Gasteiger partial charge >= 0.3 is 0 Å². The van der Waals surface area contributed by atoms with Crippen molar-refractivity contribution in [3.63, 3.8) is 0 Å². The van der Waals surface area contributed by atoms with E-state index in [9.17, 15) is 0 Å². The zero-order valence-corrected chi connectivity index (χ0v) is 12.0. The summed E-state index contributed by atoms with van der Waals surface area (Å²) in [7, 11) is 0. The van der Waals surface area contributed by atoms with E-state index >= 15 is 0 Å². The van der Waals surface area contributed by atoms with Crippen LogP contribution in [0.1, 0.15) is 49.3 Å². The van der Waals surface area contributed by atoms with Crippen LogP contribution in [0.15, 0.2) is 5.38 Å². The highest BCUT2D eigenvalue weighted by Crippen LogP contribution is 2.25. The fourth-order valence-corrected chi connectivity index (χ4v) is 2.91. The Hall–Kier alpha value is -1.01. The van der Waals surface area contributed by atoms with Gasteiger partial charge in [0.05, 0.1) is 6.04 Å². The molecule has 2 aromatic heterocycles. The van der Waals surface area contributed by atoms with Gasteiger partial charge in [-0.2, -0.15) is 5.10 Å². The molecule has 0 bridgehead atoms. The molecule has 0 saturated heterocycles. The van der Waals surface area contributed by atoms with Crippen LogP contribution < -0.4 is 0 Å². The van der Waals surface area contributed by atoms with E-state index in [1.54, 1.807) is 11.3 Å². The number of aromatic nitrogens is 4. The molecule has 0 fully saturated rings. The molecular weight excluding hydrogens is 252 g/mol. The van der Waals surface area contributed by atoms with E-state index in [1.165, 1.54) is 0 Å². The van der Waals surface area contributed by atoms with Crippen molar-refractivity contribution in [2.45, 2.75) is 39.7 Å². The fourth-order valence-electron chi connectivity index (χ4n) is 1.77. The summed E-state index contributed by atoms with van der Waals surface area (Å²) in [6.07, 6.45) is 0. The zero-order chi connectivity index (χ0) is 12.6. The van der Waals surface area contributed by atoms with Crippen LogP contribution in [0.3, 0.4) is 0 Å². The summed E-state index contributed by atoms with van der Waals surface area (Å²) in [5, 5.41) is 10.3. The highest BCUT2D eigenvalue weighted by Gasteiger charge is 2.18. The van der Waals surface area contributed by atoms with Crippen molar-refractivity contribution < 1.29 is 0 Å². The molecule has 4 nitrogen and oxygen atoms in total. The minimum Gasteiger partial charge on any atom is -0.294 e. The van der Waals surface area contributed by atoms with Crippen LogP contribution in [-0.4, -0.2) is 19.7 Å². The molecule has 1 unspecified atom stereocenters. The molecule has 0 aromatic carbocycles. The van der Waals surface area contributed by atoms with Gasteiger partial charge in [-0.25, -0.2) is 4.98 Å². The number of hydrogen-bond donors (Lipinski definition) is 1. The first-order chi connectivity index (χ1) is 8.00. The van der Waals surface area contributed by atoms with E-state index in [4.69, 9.17) is 12.2 Å². The highest BCUT2D eigenvalue weighted by molar-refractivity contribution is 7.71. The Kier molecular flexibility index (Phi) is 3.44. The highest BCUT2D eigenvalue weighted by atomic mass is 32.1. The van der Waals surface area contributed by atoms with E-state index < -0.39 is 0 Å². The van der Waals surface area contributed by atoms with E-state index in [-0.39, 0.29) is 6.04 Å². The van der Waals surface area contributed by atoms with Gasteiger partial charge in [0.1, 0.15) is 10.8 Å². The number of nitrogens with zero attached hydrogens (tertiary/aromatic N) is 3. The van der Waals surface area contributed by atoms with Crippen molar-refractivity contribution in [3.8, 4) is 0 Å². The van der Waals surface area contributed by atoms with Crippen LogP contribution in [-0.2, 0) is 0 Å². The van der Waals surface area contributed by atoms with Crippen molar-refractivity contribution in [1.82, 2.24) is 19.7 Å². The second-order valence-electron chi connectivity index (χ2n) is 4.41. The Bertz CT molecular complexity index is 564. The van der Waals surface area contributed by atoms with Gasteiger partial charge in [-0.05, 0) is 26.1 Å². The zero-order valence-electron chi connectivity index (χ0n) is 10.4. The topological polar surface area (TPSA) is 46.5 Å². The Morgan fingerprint density at radius 3 is 2.65 bits per heavy atom. The predicted molar refractivity (Wildman–Crippen MR) is 72.2 cm³/mol. The summed E-state index contributed by atoms with van der Waals surface area (Å²) in [4.78, 5) is 4.52. The molecule has 0 aliphatic carbocycles. The first-order valence-electron chi connectivity index (χ1n) is 5.59. The lowest BCUT2D eigenvalue weighted by atomic mass is 10.2. The van der Waals surface area contributed by atoms with Crippen LogP contribution >= 0.6 is 23.6 Å². The molecule has 0 spiro atoms. The third kappa shape index (κ3) is 2.32. The number of nitrogens with one attached hydrogen (secondary N) is 1.